The first kappa shape index (κ1) is 16.8. The van der Waals surface area contributed by atoms with Crippen LogP contribution in [0, 0.1) is 10.8 Å². The van der Waals surface area contributed by atoms with Gasteiger partial charge in [-0.05, 0) is 49.4 Å². The molecule has 1 unspecified atom stereocenters. The molecule has 0 radical (unpaired) electrons. The fraction of sp³-hybridized carbons (Fsp3) is 0.588. The van der Waals surface area contributed by atoms with Gasteiger partial charge in [-0.2, -0.15) is 0 Å². The Labute approximate surface area is 137 Å². The molecule has 1 aliphatic heterocycles. The van der Waals surface area contributed by atoms with E-state index < -0.39 is 0 Å². The molecule has 1 atom stereocenters. The predicted molar refractivity (Wildman–Crippen MR) is 89.4 cm³/mol. The SMILES string of the molecule is CC(C)(C)CCC1(C(=O)c2ccc(Cl)c(Cl)c2)CCNC1. The zero-order valence-electron chi connectivity index (χ0n) is 12.9. The largest absolute Gasteiger partial charge is 0.316 e. The lowest BCUT2D eigenvalue weighted by molar-refractivity contribution is 0.0783. The Hall–Kier alpha value is -0.570. The van der Waals surface area contributed by atoms with Gasteiger partial charge >= 0.3 is 0 Å². The van der Waals surface area contributed by atoms with Crippen molar-refractivity contribution in [3.63, 3.8) is 0 Å². The fourth-order valence-electron chi connectivity index (χ4n) is 2.82. The average molecular weight is 328 g/mol. The highest BCUT2D eigenvalue weighted by Crippen LogP contribution is 2.39. The van der Waals surface area contributed by atoms with Gasteiger partial charge in [-0.3, -0.25) is 4.79 Å². The van der Waals surface area contributed by atoms with Gasteiger partial charge in [0.05, 0.1) is 10.0 Å². The number of halogens is 2. The maximum absolute atomic E-state index is 13.0. The maximum Gasteiger partial charge on any atom is 0.170 e. The van der Waals surface area contributed by atoms with Crippen molar-refractivity contribution in [1.29, 1.82) is 0 Å². The normalized spacial score (nSPS) is 22.5. The topological polar surface area (TPSA) is 29.1 Å². The van der Waals surface area contributed by atoms with Gasteiger partial charge in [0.1, 0.15) is 0 Å². The molecule has 0 aliphatic carbocycles. The minimum atomic E-state index is -0.301. The first-order valence-corrected chi connectivity index (χ1v) is 8.20. The van der Waals surface area contributed by atoms with E-state index in [0.29, 0.717) is 15.6 Å². The Morgan fingerprint density at radius 1 is 1.29 bits per heavy atom. The standard InChI is InChI=1S/C17H23Cl2NO/c1-16(2,3)6-7-17(8-9-20-11-17)15(21)12-4-5-13(18)14(19)10-12/h4-5,10,20H,6-9,11H2,1-3H3. The summed E-state index contributed by atoms with van der Waals surface area (Å²) < 4.78 is 0. The van der Waals surface area contributed by atoms with E-state index in [4.69, 9.17) is 23.2 Å². The van der Waals surface area contributed by atoms with E-state index in [9.17, 15) is 4.79 Å². The molecular formula is C17H23Cl2NO. The number of carbonyl (C=O) groups excluding carboxylic acids is 1. The van der Waals surface area contributed by atoms with Gasteiger partial charge in [0, 0.05) is 17.5 Å². The molecule has 0 saturated carbocycles. The predicted octanol–water partition coefficient (Wildman–Crippen LogP) is 4.98. The first-order valence-electron chi connectivity index (χ1n) is 7.44. The molecule has 1 saturated heterocycles. The molecule has 0 aromatic heterocycles. The second-order valence-corrected chi connectivity index (χ2v) is 8.04. The first-order chi connectivity index (χ1) is 9.73. The highest BCUT2D eigenvalue weighted by molar-refractivity contribution is 6.42. The van der Waals surface area contributed by atoms with Crippen molar-refractivity contribution in [2.45, 2.75) is 40.0 Å². The number of carbonyl (C=O) groups is 1. The zero-order valence-corrected chi connectivity index (χ0v) is 14.4. The number of Topliss-reactive ketones (excluding diaryl/α,β-unsaturated/α-hetero) is 1. The molecule has 2 nitrogen and oxygen atoms in total. The highest BCUT2D eigenvalue weighted by Gasteiger charge is 2.41. The summed E-state index contributed by atoms with van der Waals surface area (Å²) in [6, 6.07) is 5.19. The Kier molecular flexibility index (Phi) is 5.02. The Balaban J connectivity index is 2.24. The van der Waals surface area contributed by atoms with Gasteiger partial charge in [0.15, 0.2) is 5.78 Å². The monoisotopic (exact) mass is 327 g/mol. The van der Waals surface area contributed by atoms with Crippen LogP contribution >= 0.6 is 23.2 Å². The van der Waals surface area contributed by atoms with Crippen molar-refractivity contribution in [2.24, 2.45) is 10.8 Å². The molecule has 2 rings (SSSR count). The van der Waals surface area contributed by atoms with Crippen molar-refractivity contribution >= 4 is 29.0 Å². The van der Waals surface area contributed by atoms with Gasteiger partial charge in [0.25, 0.3) is 0 Å². The Morgan fingerprint density at radius 2 is 2.00 bits per heavy atom. The van der Waals surface area contributed by atoms with Crippen molar-refractivity contribution in [3.8, 4) is 0 Å². The van der Waals surface area contributed by atoms with E-state index in [0.717, 1.165) is 32.4 Å². The van der Waals surface area contributed by atoms with Crippen LogP contribution < -0.4 is 5.32 Å². The smallest absolute Gasteiger partial charge is 0.170 e. The Morgan fingerprint density at radius 3 is 2.52 bits per heavy atom. The van der Waals surface area contributed by atoms with E-state index in [2.05, 4.69) is 26.1 Å². The third kappa shape index (κ3) is 4.00. The molecule has 0 spiro atoms. The van der Waals surface area contributed by atoms with E-state index in [1.54, 1.807) is 18.2 Å². The number of hydrogen-bond donors (Lipinski definition) is 1. The van der Waals surface area contributed by atoms with Crippen molar-refractivity contribution < 1.29 is 4.79 Å². The van der Waals surface area contributed by atoms with E-state index in [-0.39, 0.29) is 16.6 Å². The van der Waals surface area contributed by atoms with Gasteiger partial charge in [-0.25, -0.2) is 0 Å². The summed E-state index contributed by atoms with van der Waals surface area (Å²) in [4.78, 5) is 13.0. The van der Waals surface area contributed by atoms with Crippen molar-refractivity contribution in [2.75, 3.05) is 13.1 Å². The average Bonchev–Trinajstić information content (AvgIpc) is 2.88. The van der Waals surface area contributed by atoms with Gasteiger partial charge in [0.2, 0.25) is 0 Å². The van der Waals surface area contributed by atoms with Crippen LogP contribution in [0.4, 0.5) is 0 Å². The van der Waals surface area contributed by atoms with Gasteiger partial charge in [-0.1, -0.05) is 44.0 Å². The fourth-order valence-corrected chi connectivity index (χ4v) is 3.12. The molecule has 0 amide bonds. The van der Waals surface area contributed by atoms with Crippen LogP contribution in [0.1, 0.15) is 50.4 Å². The lowest BCUT2D eigenvalue weighted by atomic mass is 9.72. The third-order valence-corrected chi connectivity index (χ3v) is 5.00. The summed E-state index contributed by atoms with van der Waals surface area (Å²) in [5, 5.41) is 4.28. The van der Waals surface area contributed by atoms with Crippen molar-refractivity contribution in [3.05, 3.63) is 33.8 Å². The summed E-state index contributed by atoms with van der Waals surface area (Å²) in [6.07, 6.45) is 2.83. The molecule has 1 heterocycles. The van der Waals surface area contributed by atoms with Crippen LogP contribution in [-0.4, -0.2) is 18.9 Å². The lowest BCUT2D eigenvalue weighted by Gasteiger charge is -2.30. The molecule has 0 bridgehead atoms. The van der Waals surface area contributed by atoms with Crippen LogP contribution in [0.5, 0.6) is 0 Å². The molecule has 1 aliphatic rings. The third-order valence-electron chi connectivity index (χ3n) is 4.26. The quantitative estimate of drug-likeness (QED) is 0.790. The van der Waals surface area contributed by atoms with Crippen LogP contribution in [0.3, 0.4) is 0 Å². The highest BCUT2D eigenvalue weighted by atomic mass is 35.5. The number of rotatable bonds is 4. The van der Waals surface area contributed by atoms with Crippen LogP contribution in [-0.2, 0) is 0 Å². The molecule has 116 valence electrons. The minimum Gasteiger partial charge on any atom is -0.316 e. The molecule has 4 heteroatoms. The van der Waals surface area contributed by atoms with E-state index in [1.807, 2.05) is 0 Å². The maximum atomic E-state index is 13.0. The molecule has 1 N–H and O–H groups in total. The van der Waals surface area contributed by atoms with Crippen molar-refractivity contribution in [1.82, 2.24) is 5.32 Å². The van der Waals surface area contributed by atoms with Gasteiger partial charge in [-0.15, -0.1) is 0 Å². The van der Waals surface area contributed by atoms with Crippen LogP contribution in [0.25, 0.3) is 0 Å². The minimum absolute atomic E-state index is 0.190. The summed E-state index contributed by atoms with van der Waals surface area (Å²) in [6.45, 7) is 8.30. The molecule has 21 heavy (non-hydrogen) atoms. The zero-order chi connectivity index (χ0) is 15.7. The van der Waals surface area contributed by atoms with Gasteiger partial charge < -0.3 is 5.32 Å². The molecule has 1 aromatic carbocycles. The van der Waals surface area contributed by atoms with E-state index in [1.165, 1.54) is 0 Å². The number of benzene rings is 1. The lowest BCUT2D eigenvalue weighted by Crippen LogP contribution is -2.34. The summed E-state index contributed by atoms with van der Waals surface area (Å²) >= 11 is 12.0. The molecular weight excluding hydrogens is 305 g/mol. The Bertz CT molecular complexity index is 528. The number of hydrogen-bond acceptors (Lipinski definition) is 2. The summed E-state index contributed by atoms with van der Waals surface area (Å²) in [7, 11) is 0. The number of nitrogens with one attached hydrogen (secondary N) is 1. The van der Waals surface area contributed by atoms with Crippen LogP contribution in [0.15, 0.2) is 18.2 Å². The summed E-state index contributed by atoms with van der Waals surface area (Å²) in [5.74, 6) is 0.190. The second kappa shape index (κ2) is 6.28. The van der Waals surface area contributed by atoms with E-state index >= 15 is 0 Å². The number of ketones is 1. The van der Waals surface area contributed by atoms with Crippen LogP contribution in [0.2, 0.25) is 10.0 Å². The molecule has 1 fully saturated rings. The summed E-state index contributed by atoms with van der Waals surface area (Å²) in [5.41, 5.74) is 0.597. The second-order valence-electron chi connectivity index (χ2n) is 7.23. The molecule has 1 aromatic rings.